The minimum atomic E-state index is -4.29. The van der Waals surface area contributed by atoms with E-state index in [1.807, 2.05) is 0 Å². The molecule has 17 heteroatoms. The summed E-state index contributed by atoms with van der Waals surface area (Å²) in [7, 11) is -4.29. The average molecular weight is 791 g/mol. The lowest BCUT2D eigenvalue weighted by atomic mass is 9.43. The molecule has 2 aromatic rings. The van der Waals surface area contributed by atoms with Crippen LogP contribution in [-0.4, -0.2) is 87.3 Å². The summed E-state index contributed by atoms with van der Waals surface area (Å²) in [6, 6.07) is 1.91. The van der Waals surface area contributed by atoms with E-state index in [1.165, 1.54) is 12.1 Å². The lowest BCUT2D eigenvalue weighted by Crippen LogP contribution is -2.58. The van der Waals surface area contributed by atoms with E-state index >= 15 is 0 Å². The largest absolute Gasteiger partial charge is 0.393 e. The number of carbonyl (C=O) groups excluding carboxylic acids is 2. The van der Waals surface area contributed by atoms with Crippen molar-refractivity contribution in [1.29, 1.82) is 0 Å². The van der Waals surface area contributed by atoms with Crippen molar-refractivity contribution >= 4 is 44.3 Å². The number of nitrogens with one attached hydrogen (secondary N) is 3. The molecule has 11 atom stereocenters. The Morgan fingerprint density at radius 1 is 1.00 bits per heavy atom. The summed E-state index contributed by atoms with van der Waals surface area (Å²) >= 11 is 0. The monoisotopic (exact) mass is 790 g/mol. The first-order valence-corrected chi connectivity index (χ1v) is 21.6. The number of nitro groups is 1. The highest BCUT2D eigenvalue weighted by molar-refractivity contribution is 7.85. The van der Waals surface area contributed by atoms with Crippen LogP contribution in [0.4, 0.5) is 11.4 Å². The predicted molar refractivity (Wildman–Crippen MR) is 203 cm³/mol. The molecule has 16 nitrogen and oxygen atoms in total. The number of aliphatic hydroxyl groups is 2. The fourth-order valence-electron chi connectivity index (χ4n) is 11.5. The van der Waals surface area contributed by atoms with Crippen LogP contribution in [0.1, 0.15) is 104 Å². The van der Waals surface area contributed by atoms with Crippen LogP contribution >= 0.6 is 0 Å². The van der Waals surface area contributed by atoms with E-state index in [0.717, 1.165) is 51.4 Å². The van der Waals surface area contributed by atoms with Gasteiger partial charge < -0.3 is 26.2 Å². The van der Waals surface area contributed by atoms with Crippen LogP contribution in [0.5, 0.6) is 0 Å². The fraction of sp³-hybridized carbons (Fsp3) is 0.789. The molecule has 1 aromatic carbocycles. The highest BCUT2D eigenvalue weighted by Gasteiger charge is 2.62. The molecule has 0 aliphatic heterocycles. The van der Waals surface area contributed by atoms with E-state index in [0.29, 0.717) is 55.2 Å². The van der Waals surface area contributed by atoms with Crippen LogP contribution in [-0.2, 0) is 19.7 Å². The Morgan fingerprint density at radius 3 is 2.47 bits per heavy atom. The van der Waals surface area contributed by atoms with Gasteiger partial charge in [0.15, 0.2) is 5.52 Å². The molecule has 306 valence electrons. The van der Waals surface area contributed by atoms with Gasteiger partial charge >= 0.3 is 5.69 Å². The number of nitrogens with zero attached hydrogens (tertiary/aromatic N) is 3. The number of carbonyl (C=O) groups is 2. The van der Waals surface area contributed by atoms with Gasteiger partial charge in [-0.15, -0.1) is 0 Å². The summed E-state index contributed by atoms with van der Waals surface area (Å²) in [5.74, 6) is 0.730. The number of fused-ring (bicyclic) bond motifs is 6. The molecule has 55 heavy (non-hydrogen) atoms. The number of aromatic nitrogens is 2. The van der Waals surface area contributed by atoms with Crippen molar-refractivity contribution in [3.63, 3.8) is 0 Å². The van der Waals surface area contributed by atoms with Gasteiger partial charge in [-0.25, -0.2) is 4.63 Å². The van der Waals surface area contributed by atoms with Crippen molar-refractivity contribution in [2.45, 2.75) is 122 Å². The molecule has 4 aliphatic carbocycles. The quantitative estimate of drug-likeness (QED) is 0.0589. The second-order valence-corrected chi connectivity index (χ2v) is 19.0. The molecule has 4 fully saturated rings. The van der Waals surface area contributed by atoms with E-state index in [2.05, 4.69) is 47.0 Å². The van der Waals surface area contributed by atoms with Gasteiger partial charge in [0.2, 0.25) is 17.3 Å². The molecule has 4 aliphatic rings. The van der Waals surface area contributed by atoms with Crippen LogP contribution < -0.4 is 16.0 Å². The van der Waals surface area contributed by atoms with Crippen molar-refractivity contribution in [3.05, 3.63) is 22.2 Å². The molecular formula is C38H58N6O10S. The molecule has 4 unspecified atom stereocenters. The van der Waals surface area contributed by atoms with Crippen LogP contribution in [0.2, 0.25) is 0 Å². The Bertz CT molecular complexity index is 1830. The van der Waals surface area contributed by atoms with Gasteiger partial charge in [-0.1, -0.05) is 20.8 Å². The summed E-state index contributed by atoms with van der Waals surface area (Å²) in [5.41, 5.74) is 0.761. The molecule has 0 bridgehead atoms. The Hall–Kier alpha value is -3.41. The number of hydrogen-bond acceptors (Lipinski definition) is 12. The molecule has 0 saturated heterocycles. The maximum absolute atomic E-state index is 13.4. The normalized spacial score (nSPS) is 32.8. The Balaban J connectivity index is 1.02. The van der Waals surface area contributed by atoms with Crippen molar-refractivity contribution in [2.24, 2.45) is 46.3 Å². The number of amides is 2. The average Bonchev–Trinajstić information content (AvgIpc) is 3.75. The number of benzene rings is 1. The summed E-state index contributed by atoms with van der Waals surface area (Å²) in [5, 5.41) is 49.2. The number of nitro benzene ring substituents is 1. The summed E-state index contributed by atoms with van der Waals surface area (Å²) in [6.45, 7) is 7.16. The van der Waals surface area contributed by atoms with Gasteiger partial charge in [0.1, 0.15) is 6.04 Å². The van der Waals surface area contributed by atoms with Gasteiger partial charge in [-0.3, -0.25) is 24.3 Å². The smallest absolute Gasteiger partial charge is 0.300 e. The first-order valence-electron chi connectivity index (χ1n) is 20.0. The maximum Gasteiger partial charge on any atom is 0.300 e. The van der Waals surface area contributed by atoms with Crippen LogP contribution in [0, 0.1) is 56.5 Å². The first kappa shape index (κ1) is 41.2. The lowest BCUT2D eigenvalue weighted by Gasteiger charge is -2.62. The highest BCUT2D eigenvalue weighted by atomic mass is 32.2. The minimum Gasteiger partial charge on any atom is -0.393 e. The summed E-state index contributed by atoms with van der Waals surface area (Å²) in [4.78, 5) is 37.2. The molecular weight excluding hydrogens is 733 g/mol. The third kappa shape index (κ3) is 8.79. The minimum absolute atomic E-state index is 0.0277. The van der Waals surface area contributed by atoms with E-state index in [9.17, 15) is 38.3 Å². The molecule has 2 amide bonds. The lowest BCUT2D eigenvalue weighted by molar-refractivity contribution is -0.383. The molecule has 0 spiro atoms. The zero-order chi connectivity index (χ0) is 39.7. The van der Waals surface area contributed by atoms with Gasteiger partial charge in [0.05, 0.1) is 28.6 Å². The zero-order valence-electron chi connectivity index (χ0n) is 32.1. The number of hydrogen-bond donors (Lipinski definition) is 6. The molecule has 0 radical (unpaired) electrons. The third-order valence-electron chi connectivity index (χ3n) is 14.4. The molecule has 6 N–H and O–H groups in total. The third-order valence-corrected chi connectivity index (χ3v) is 15.1. The van der Waals surface area contributed by atoms with E-state index in [1.54, 1.807) is 0 Å². The second kappa shape index (κ2) is 16.6. The maximum atomic E-state index is 13.4. The van der Waals surface area contributed by atoms with Crippen molar-refractivity contribution in [1.82, 2.24) is 20.9 Å². The summed E-state index contributed by atoms with van der Waals surface area (Å²) < 4.78 is 36.3. The topological polar surface area (TPSA) is 247 Å². The zero-order valence-corrected chi connectivity index (χ0v) is 32.9. The molecule has 4 saturated carbocycles. The predicted octanol–water partition coefficient (Wildman–Crippen LogP) is 4.61. The summed E-state index contributed by atoms with van der Waals surface area (Å²) in [6.07, 6.45) is 9.35. The van der Waals surface area contributed by atoms with Gasteiger partial charge in [-0.05, 0) is 140 Å². The van der Waals surface area contributed by atoms with Crippen molar-refractivity contribution in [2.75, 3.05) is 24.2 Å². The van der Waals surface area contributed by atoms with Crippen LogP contribution in [0.25, 0.3) is 11.0 Å². The Labute approximate surface area is 322 Å². The van der Waals surface area contributed by atoms with Gasteiger partial charge in [0, 0.05) is 25.6 Å². The first-order chi connectivity index (χ1) is 26.0. The number of non-ortho nitro benzene ring substituents is 1. The second-order valence-electron chi connectivity index (χ2n) is 17.4. The fourth-order valence-corrected chi connectivity index (χ4v) is 11.9. The number of anilines is 1. The number of unbranched alkanes of at least 4 members (excludes halogenated alkanes) is 1. The van der Waals surface area contributed by atoms with E-state index < -0.39 is 32.7 Å². The number of rotatable bonds is 16. The van der Waals surface area contributed by atoms with Crippen LogP contribution in [0.3, 0.4) is 0 Å². The van der Waals surface area contributed by atoms with Crippen molar-refractivity contribution in [3.8, 4) is 0 Å². The highest BCUT2D eigenvalue weighted by Crippen LogP contribution is 2.68. The molecule has 6 rings (SSSR count). The Morgan fingerprint density at radius 2 is 1.73 bits per heavy atom. The van der Waals surface area contributed by atoms with E-state index in [4.69, 9.17) is 9.18 Å². The molecule has 1 aromatic heterocycles. The van der Waals surface area contributed by atoms with Gasteiger partial charge in [0.25, 0.3) is 10.1 Å². The van der Waals surface area contributed by atoms with Crippen LogP contribution in [0.15, 0.2) is 16.8 Å². The number of aliphatic hydroxyl groups excluding tert-OH is 2. The Kier molecular flexibility index (Phi) is 12.4. The van der Waals surface area contributed by atoms with Gasteiger partial charge in [-0.2, -0.15) is 8.42 Å². The standard InChI is InChI=1S/C38H58N6O10S/c1-22(25-8-9-26-33-27(14-16-38(25,26)3)37(2)15-13-24(45)20-23(37)21-31(33)46)7-12-32(47)41-29(36(48)40-18-19-55(51,52)53)6-4-5-17-39-28-10-11-30(44(49)50)35-34(28)42-54-43-35/h10-11,22-27,29,31,33,39,45-46H,4-9,12-21H2,1-3H3,(H,40,48)(H,41,47)(H,51,52,53)/t22-,23?,24-,25-,26?,27?,29+,31+,33?,37+,38-/m1/s1. The van der Waals surface area contributed by atoms with Crippen molar-refractivity contribution < 1.29 is 42.3 Å². The molecule has 1 heterocycles. The van der Waals surface area contributed by atoms with E-state index in [-0.39, 0.29) is 76.9 Å². The SMILES string of the molecule is C[C@H](CCC(=O)N[C@@H](CCCCNc1ccc([N+](=O)[O-])c2nonc12)C(=O)NCCS(=O)(=O)O)[C@H]1CCC2C3C(CC[C@@]21C)[C@@]1(C)CC[C@@H](O)CC1C[C@@H]3O.